The van der Waals surface area contributed by atoms with Gasteiger partial charge in [0.2, 0.25) is 11.2 Å². The van der Waals surface area contributed by atoms with Crippen LogP contribution in [0.3, 0.4) is 0 Å². The average molecular weight is 496 g/mol. The maximum Gasteiger partial charge on any atom is 0.251 e. The molecule has 0 atom stereocenters. The quantitative estimate of drug-likeness (QED) is 0.447. The molecular weight excluding hydrogens is 466 g/mol. The summed E-state index contributed by atoms with van der Waals surface area (Å²) in [7, 11) is 0. The lowest BCUT2D eigenvalue weighted by Gasteiger charge is -2.28. The van der Waals surface area contributed by atoms with Crippen LogP contribution < -0.4 is 16.4 Å². The molecule has 0 unspecified atom stereocenters. The average Bonchev–Trinajstić information content (AvgIpc) is 3.29. The number of rotatable bonds is 5. The molecule has 9 nitrogen and oxygen atoms in total. The Kier molecular flexibility index (Phi) is 6.86. The number of nitrogens with two attached hydrogens (primary N) is 1. The monoisotopic (exact) mass is 495 g/mol. The molecule has 0 bridgehead atoms. The fraction of sp³-hybridized carbons (Fsp3) is 0.480. The number of benzene rings is 1. The number of fused-ring (bicyclic) bond motifs is 1. The molecule has 2 amide bonds. The summed E-state index contributed by atoms with van der Waals surface area (Å²) in [6.45, 7) is 0. The Morgan fingerprint density at radius 3 is 2.40 bits per heavy atom. The number of carbonyl (C=O) groups excluding carboxylic acids is 2. The summed E-state index contributed by atoms with van der Waals surface area (Å²) in [5, 5.41) is 6.23. The molecule has 4 N–H and O–H groups in total. The van der Waals surface area contributed by atoms with E-state index in [9.17, 15) is 9.59 Å². The second kappa shape index (κ2) is 10.2. The van der Waals surface area contributed by atoms with Crippen molar-refractivity contribution in [2.75, 3.05) is 11.1 Å². The van der Waals surface area contributed by atoms with Crippen LogP contribution in [-0.4, -0.2) is 37.4 Å². The van der Waals surface area contributed by atoms with Gasteiger partial charge in [-0.1, -0.05) is 19.3 Å². The third-order valence-corrected chi connectivity index (χ3v) is 7.41. The molecule has 2 heterocycles. The molecule has 10 heteroatoms. The Morgan fingerprint density at radius 2 is 1.69 bits per heavy atom. The SMILES string of the molecule is Nc1nc(Cl)nc2c1ncn2C1CCC(C(=O)Nc2ccc(C(=O)NC3CCCCC3)cc2)CC1. The van der Waals surface area contributed by atoms with Crippen LogP contribution >= 0.6 is 11.6 Å². The summed E-state index contributed by atoms with van der Waals surface area (Å²) in [5.74, 6) is 0.157. The third-order valence-electron chi connectivity index (χ3n) is 7.24. The van der Waals surface area contributed by atoms with E-state index in [1.807, 2.05) is 4.57 Å². The van der Waals surface area contributed by atoms with E-state index in [1.54, 1.807) is 30.6 Å². The van der Waals surface area contributed by atoms with Gasteiger partial charge in [0.15, 0.2) is 11.5 Å². The molecule has 2 aliphatic carbocycles. The lowest BCUT2D eigenvalue weighted by Crippen LogP contribution is -2.36. The number of halogens is 1. The topological polar surface area (TPSA) is 128 Å². The number of nitrogens with zero attached hydrogens (tertiary/aromatic N) is 4. The number of hydrogen-bond acceptors (Lipinski definition) is 6. The van der Waals surface area contributed by atoms with Gasteiger partial charge in [-0.2, -0.15) is 9.97 Å². The Bertz CT molecular complexity index is 1210. The highest BCUT2D eigenvalue weighted by atomic mass is 35.5. The predicted octanol–water partition coefficient (Wildman–Crippen LogP) is 4.49. The normalized spacial score (nSPS) is 21.1. The second-order valence-electron chi connectivity index (χ2n) is 9.58. The zero-order valence-electron chi connectivity index (χ0n) is 19.5. The molecule has 2 fully saturated rings. The van der Waals surface area contributed by atoms with E-state index in [-0.39, 0.29) is 40.9 Å². The van der Waals surface area contributed by atoms with Crippen LogP contribution in [0.25, 0.3) is 11.2 Å². The molecule has 35 heavy (non-hydrogen) atoms. The molecule has 184 valence electrons. The first-order valence-electron chi connectivity index (χ1n) is 12.4. The van der Waals surface area contributed by atoms with Crippen LogP contribution in [0.2, 0.25) is 5.28 Å². The second-order valence-corrected chi connectivity index (χ2v) is 9.92. The van der Waals surface area contributed by atoms with Gasteiger partial charge in [0.1, 0.15) is 5.52 Å². The van der Waals surface area contributed by atoms with E-state index in [0.29, 0.717) is 22.4 Å². The fourth-order valence-electron chi connectivity index (χ4n) is 5.26. The highest BCUT2D eigenvalue weighted by Gasteiger charge is 2.28. The predicted molar refractivity (Wildman–Crippen MR) is 135 cm³/mol. The summed E-state index contributed by atoms with van der Waals surface area (Å²) in [4.78, 5) is 38.0. The van der Waals surface area contributed by atoms with Crippen molar-refractivity contribution in [1.82, 2.24) is 24.8 Å². The lowest BCUT2D eigenvalue weighted by atomic mass is 9.85. The zero-order valence-corrected chi connectivity index (χ0v) is 20.3. The maximum atomic E-state index is 12.9. The van der Waals surface area contributed by atoms with E-state index in [4.69, 9.17) is 17.3 Å². The van der Waals surface area contributed by atoms with Gasteiger partial charge in [0.25, 0.3) is 5.91 Å². The zero-order chi connectivity index (χ0) is 24.4. The van der Waals surface area contributed by atoms with Gasteiger partial charge in [-0.05, 0) is 74.4 Å². The number of imidazole rings is 1. The van der Waals surface area contributed by atoms with Crippen LogP contribution in [0, 0.1) is 5.92 Å². The standard InChI is InChI=1S/C25H30ClN7O2/c26-25-31-21(27)20-22(32-25)33(14-28-20)19-12-8-16(9-13-19)24(35)30-18-10-6-15(7-11-18)23(34)29-17-4-2-1-3-5-17/h6-7,10-11,14,16-17,19H,1-5,8-9,12-13H2,(H,29,34)(H,30,35)(H2,27,31,32). The fourth-order valence-corrected chi connectivity index (χ4v) is 5.43. The number of nitrogens with one attached hydrogen (secondary N) is 2. The van der Waals surface area contributed by atoms with Crippen molar-refractivity contribution in [3.63, 3.8) is 0 Å². The van der Waals surface area contributed by atoms with Gasteiger partial charge in [-0.15, -0.1) is 0 Å². The van der Waals surface area contributed by atoms with Crippen LogP contribution in [0.4, 0.5) is 11.5 Å². The highest BCUT2D eigenvalue weighted by molar-refractivity contribution is 6.28. The first-order valence-corrected chi connectivity index (χ1v) is 12.7. The Hall–Kier alpha value is -3.20. The van der Waals surface area contributed by atoms with Crippen LogP contribution in [0.15, 0.2) is 30.6 Å². The van der Waals surface area contributed by atoms with Gasteiger partial charge in [0, 0.05) is 29.3 Å². The summed E-state index contributed by atoms with van der Waals surface area (Å²) in [6.07, 6.45) is 10.6. The summed E-state index contributed by atoms with van der Waals surface area (Å²) in [6, 6.07) is 7.58. The van der Waals surface area contributed by atoms with E-state index >= 15 is 0 Å². The van der Waals surface area contributed by atoms with E-state index in [1.165, 1.54) is 19.3 Å². The van der Waals surface area contributed by atoms with Crippen LogP contribution in [0.5, 0.6) is 0 Å². The number of amides is 2. The molecule has 0 spiro atoms. The van der Waals surface area contributed by atoms with Crippen molar-refractivity contribution in [2.24, 2.45) is 5.92 Å². The Balaban J connectivity index is 1.15. The molecule has 5 rings (SSSR count). The van der Waals surface area contributed by atoms with Gasteiger partial charge in [0.05, 0.1) is 6.33 Å². The number of hydrogen-bond donors (Lipinski definition) is 3. The lowest BCUT2D eigenvalue weighted by molar-refractivity contribution is -0.121. The Labute approximate surface area is 208 Å². The van der Waals surface area contributed by atoms with Gasteiger partial charge in [-0.3, -0.25) is 9.59 Å². The molecule has 0 aliphatic heterocycles. The van der Waals surface area contributed by atoms with Crippen molar-refractivity contribution >= 4 is 46.1 Å². The van der Waals surface area contributed by atoms with Crippen molar-refractivity contribution in [3.05, 3.63) is 41.4 Å². The van der Waals surface area contributed by atoms with E-state index in [0.717, 1.165) is 38.5 Å². The first-order chi connectivity index (χ1) is 17.0. The van der Waals surface area contributed by atoms with Crippen molar-refractivity contribution in [1.29, 1.82) is 0 Å². The number of nitrogen functional groups attached to an aromatic ring is 1. The first kappa shape index (κ1) is 23.5. The third kappa shape index (κ3) is 5.24. The largest absolute Gasteiger partial charge is 0.382 e. The summed E-state index contributed by atoms with van der Waals surface area (Å²) in [5.41, 5.74) is 8.41. The molecule has 2 saturated carbocycles. The van der Waals surface area contributed by atoms with Crippen molar-refractivity contribution in [3.8, 4) is 0 Å². The summed E-state index contributed by atoms with van der Waals surface area (Å²) >= 11 is 5.99. The van der Waals surface area contributed by atoms with Gasteiger partial charge in [-0.25, -0.2) is 4.98 Å². The van der Waals surface area contributed by atoms with Crippen LogP contribution in [-0.2, 0) is 4.79 Å². The molecule has 0 saturated heterocycles. The van der Waals surface area contributed by atoms with E-state index < -0.39 is 0 Å². The Morgan fingerprint density at radius 1 is 0.971 bits per heavy atom. The summed E-state index contributed by atoms with van der Waals surface area (Å²) < 4.78 is 1.99. The number of aromatic nitrogens is 4. The molecule has 1 aromatic carbocycles. The van der Waals surface area contributed by atoms with Gasteiger partial charge < -0.3 is 20.9 Å². The minimum Gasteiger partial charge on any atom is -0.382 e. The van der Waals surface area contributed by atoms with Gasteiger partial charge >= 0.3 is 0 Å². The molecule has 2 aromatic heterocycles. The van der Waals surface area contributed by atoms with E-state index in [2.05, 4.69) is 25.6 Å². The van der Waals surface area contributed by atoms with Crippen LogP contribution in [0.1, 0.15) is 74.2 Å². The highest BCUT2D eigenvalue weighted by Crippen LogP contribution is 2.35. The number of carbonyl (C=O) groups is 2. The minimum atomic E-state index is -0.0707. The van der Waals surface area contributed by atoms with Crippen molar-refractivity contribution < 1.29 is 9.59 Å². The minimum absolute atomic E-state index is 0.00737. The smallest absolute Gasteiger partial charge is 0.251 e. The molecule has 3 aromatic rings. The molecular formula is C25H30ClN7O2. The van der Waals surface area contributed by atoms with Crippen molar-refractivity contribution in [2.45, 2.75) is 69.9 Å². The molecule has 0 radical (unpaired) electrons. The number of anilines is 2. The maximum absolute atomic E-state index is 12.9. The molecule has 2 aliphatic rings.